The van der Waals surface area contributed by atoms with Gasteiger partial charge in [0.25, 0.3) is 0 Å². The van der Waals surface area contributed by atoms with Gasteiger partial charge in [0.05, 0.1) is 12.5 Å². The minimum atomic E-state index is 0.358. The Balaban J connectivity index is 3.07. The van der Waals surface area contributed by atoms with Gasteiger partial charge in [0.1, 0.15) is 0 Å². The van der Waals surface area contributed by atoms with Crippen LogP contribution in [0.1, 0.15) is 13.3 Å². The highest BCUT2D eigenvalue weighted by atomic mass is 14.2. The summed E-state index contributed by atoms with van der Waals surface area (Å²) in [4.78, 5) is 0. The van der Waals surface area contributed by atoms with Gasteiger partial charge >= 0.3 is 0 Å². The van der Waals surface area contributed by atoms with Crippen LogP contribution in [0.2, 0.25) is 0 Å². The molecule has 0 unspecified atom stereocenters. The van der Waals surface area contributed by atoms with Crippen LogP contribution in [0, 0.1) is 23.2 Å². The summed E-state index contributed by atoms with van der Waals surface area (Å²) in [5, 5.41) is 7.84. The number of hydrogen-bond acceptors (Lipinski definition) is 1. The van der Waals surface area contributed by atoms with Gasteiger partial charge in [-0.3, -0.25) is 0 Å². The molecular formula is C5H5N. The zero-order chi connectivity index (χ0) is 4.83. The first kappa shape index (κ1) is 5.05. The highest BCUT2D eigenvalue weighted by Crippen LogP contribution is 1.63. The highest BCUT2D eigenvalue weighted by Gasteiger charge is 1.59. The van der Waals surface area contributed by atoms with E-state index in [9.17, 15) is 0 Å². The molecule has 1 nitrogen and oxygen atoms in total. The smallest absolute Gasteiger partial charge is 0.0962 e. The SMILES string of the molecule is CC#CCC#N. The largest absolute Gasteiger partial charge is 0.197 e. The van der Waals surface area contributed by atoms with Crippen LogP contribution in [-0.2, 0) is 0 Å². The number of nitriles is 1. The van der Waals surface area contributed by atoms with Gasteiger partial charge in [-0.2, -0.15) is 5.26 Å². The van der Waals surface area contributed by atoms with Crippen LogP contribution in [0.4, 0.5) is 0 Å². The van der Waals surface area contributed by atoms with Crippen LogP contribution in [-0.4, -0.2) is 0 Å². The first-order valence-corrected chi connectivity index (χ1v) is 1.68. The molecule has 0 aromatic heterocycles. The summed E-state index contributed by atoms with van der Waals surface area (Å²) >= 11 is 0. The van der Waals surface area contributed by atoms with E-state index < -0.39 is 0 Å². The van der Waals surface area contributed by atoms with Gasteiger partial charge in [-0.05, 0) is 6.92 Å². The normalized spacial score (nSPS) is 4.67. The number of hydrogen-bond donors (Lipinski definition) is 0. The Hall–Kier alpha value is -0.950. The van der Waals surface area contributed by atoms with Crippen molar-refractivity contribution in [2.45, 2.75) is 13.3 Å². The Morgan fingerprint density at radius 1 is 1.67 bits per heavy atom. The fraction of sp³-hybridized carbons (Fsp3) is 0.400. The lowest BCUT2D eigenvalue weighted by molar-refractivity contribution is 1.39. The zero-order valence-corrected chi connectivity index (χ0v) is 3.65. The quantitative estimate of drug-likeness (QED) is 0.396. The molecule has 0 amide bonds. The Morgan fingerprint density at radius 2 is 2.33 bits per heavy atom. The van der Waals surface area contributed by atoms with Crippen molar-refractivity contribution in [1.82, 2.24) is 0 Å². The molecule has 0 fully saturated rings. The molecule has 0 aromatic rings. The number of rotatable bonds is 0. The third-order valence-corrected chi connectivity index (χ3v) is 0.344. The van der Waals surface area contributed by atoms with Crippen LogP contribution >= 0.6 is 0 Å². The van der Waals surface area contributed by atoms with Gasteiger partial charge in [-0.25, -0.2) is 0 Å². The second-order valence-electron chi connectivity index (χ2n) is 0.762. The summed E-state index contributed by atoms with van der Waals surface area (Å²) in [5.74, 6) is 5.18. The molecule has 0 aliphatic carbocycles. The monoisotopic (exact) mass is 79.0 g/mol. The summed E-state index contributed by atoms with van der Waals surface area (Å²) in [6, 6.07) is 1.90. The van der Waals surface area contributed by atoms with Crippen molar-refractivity contribution in [2.24, 2.45) is 0 Å². The van der Waals surface area contributed by atoms with E-state index in [0.29, 0.717) is 6.42 Å². The van der Waals surface area contributed by atoms with Crippen molar-refractivity contribution in [1.29, 1.82) is 5.26 Å². The maximum Gasteiger partial charge on any atom is 0.0962 e. The molecule has 0 aliphatic heterocycles. The fourth-order valence-corrected chi connectivity index (χ4v) is 0.128. The molecule has 0 radical (unpaired) electrons. The molecule has 0 saturated carbocycles. The maximum absolute atomic E-state index is 7.84. The van der Waals surface area contributed by atoms with Gasteiger partial charge in [-0.15, -0.1) is 5.92 Å². The Kier molecular flexibility index (Phi) is 3.41. The van der Waals surface area contributed by atoms with Crippen molar-refractivity contribution in [2.75, 3.05) is 0 Å². The minimum absolute atomic E-state index is 0.358. The molecule has 0 spiro atoms. The molecule has 30 valence electrons. The van der Waals surface area contributed by atoms with Crippen molar-refractivity contribution < 1.29 is 0 Å². The topological polar surface area (TPSA) is 23.8 Å². The lowest BCUT2D eigenvalue weighted by atomic mass is 10.5. The standard InChI is InChI=1S/C5H5N/c1-2-3-4-5-6/h4H2,1H3. The number of nitrogens with zero attached hydrogens (tertiary/aromatic N) is 1. The van der Waals surface area contributed by atoms with E-state index in [2.05, 4.69) is 11.8 Å². The van der Waals surface area contributed by atoms with Crippen LogP contribution < -0.4 is 0 Å². The van der Waals surface area contributed by atoms with E-state index in [1.807, 2.05) is 6.07 Å². The third kappa shape index (κ3) is 3.05. The van der Waals surface area contributed by atoms with E-state index in [1.54, 1.807) is 6.92 Å². The second-order valence-corrected chi connectivity index (χ2v) is 0.762. The molecule has 1 heteroatoms. The molecule has 0 aromatic carbocycles. The van der Waals surface area contributed by atoms with Gasteiger partial charge in [0.15, 0.2) is 0 Å². The molecule has 0 saturated heterocycles. The van der Waals surface area contributed by atoms with Crippen LogP contribution in [0.15, 0.2) is 0 Å². The van der Waals surface area contributed by atoms with Crippen molar-refractivity contribution in [3.8, 4) is 17.9 Å². The first-order chi connectivity index (χ1) is 2.91. The van der Waals surface area contributed by atoms with Crippen LogP contribution in [0.25, 0.3) is 0 Å². The molecule has 0 bridgehead atoms. The van der Waals surface area contributed by atoms with Gasteiger partial charge in [0, 0.05) is 0 Å². The van der Waals surface area contributed by atoms with Crippen molar-refractivity contribution >= 4 is 0 Å². The van der Waals surface area contributed by atoms with Crippen LogP contribution in [0.3, 0.4) is 0 Å². The predicted octanol–water partition coefficient (Wildman–Crippen LogP) is 0.923. The molecule has 0 atom stereocenters. The van der Waals surface area contributed by atoms with Crippen molar-refractivity contribution in [3.05, 3.63) is 0 Å². The molecule has 0 N–H and O–H groups in total. The van der Waals surface area contributed by atoms with Crippen molar-refractivity contribution in [3.63, 3.8) is 0 Å². The molecule has 6 heavy (non-hydrogen) atoms. The first-order valence-electron chi connectivity index (χ1n) is 1.68. The van der Waals surface area contributed by atoms with E-state index in [4.69, 9.17) is 5.26 Å². The van der Waals surface area contributed by atoms with Gasteiger partial charge in [-0.1, -0.05) is 5.92 Å². The van der Waals surface area contributed by atoms with Gasteiger partial charge < -0.3 is 0 Å². The highest BCUT2D eigenvalue weighted by molar-refractivity contribution is 5.01. The second kappa shape index (κ2) is 4.05. The van der Waals surface area contributed by atoms with E-state index in [0.717, 1.165) is 0 Å². The fourth-order valence-electron chi connectivity index (χ4n) is 0.128. The van der Waals surface area contributed by atoms with E-state index >= 15 is 0 Å². The average molecular weight is 79.1 g/mol. The van der Waals surface area contributed by atoms with E-state index in [-0.39, 0.29) is 0 Å². The third-order valence-electron chi connectivity index (χ3n) is 0.344. The Labute approximate surface area is 37.6 Å². The minimum Gasteiger partial charge on any atom is -0.197 e. The summed E-state index contributed by atoms with van der Waals surface area (Å²) in [7, 11) is 0. The molecular weight excluding hydrogens is 74.1 g/mol. The Morgan fingerprint density at radius 3 is 2.50 bits per heavy atom. The summed E-state index contributed by atoms with van der Waals surface area (Å²) in [6.07, 6.45) is 0.358. The van der Waals surface area contributed by atoms with Crippen LogP contribution in [0.5, 0.6) is 0 Å². The average Bonchev–Trinajstić information content (AvgIpc) is 1.61. The Bertz CT molecular complexity index is 108. The molecule has 0 heterocycles. The maximum atomic E-state index is 7.84. The summed E-state index contributed by atoms with van der Waals surface area (Å²) < 4.78 is 0. The molecule has 0 rings (SSSR count). The predicted molar refractivity (Wildman–Crippen MR) is 23.7 cm³/mol. The summed E-state index contributed by atoms with van der Waals surface area (Å²) in [5.41, 5.74) is 0. The van der Waals surface area contributed by atoms with E-state index in [1.165, 1.54) is 0 Å². The lowest BCUT2D eigenvalue weighted by Crippen LogP contribution is -1.51. The summed E-state index contributed by atoms with van der Waals surface area (Å²) in [6.45, 7) is 1.72. The molecule has 0 aliphatic rings. The zero-order valence-electron chi connectivity index (χ0n) is 3.65. The lowest BCUT2D eigenvalue weighted by Gasteiger charge is -1.56. The van der Waals surface area contributed by atoms with Gasteiger partial charge in [0.2, 0.25) is 0 Å².